The summed E-state index contributed by atoms with van der Waals surface area (Å²) >= 11 is 0. The van der Waals surface area contributed by atoms with Gasteiger partial charge in [-0.15, -0.1) is 0 Å². The summed E-state index contributed by atoms with van der Waals surface area (Å²) in [5.74, 6) is 0.856. The fraction of sp³-hybridized carbons (Fsp3) is 0.524. The summed E-state index contributed by atoms with van der Waals surface area (Å²) in [7, 11) is 3.77. The monoisotopic (exact) mass is 355 g/mol. The SMILES string of the molecule is CCc1ccc(C(C)(C)CNC(=NC)NCCCc2cnn(C)c2)cc1. The van der Waals surface area contributed by atoms with Gasteiger partial charge in [0.15, 0.2) is 5.96 Å². The molecule has 1 aromatic carbocycles. The topological polar surface area (TPSA) is 54.2 Å². The second kappa shape index (κ2) is 9.41. The summed E-state index contributed by atoms with van der Waals surface area (Å²) in [5, 5.41) is 11.1. The van der Waals surface area contributed by atoms with Crippen molar-refractivity contribution in [3.63, 3.8) is 0 Å². The summed E-state index contributed by atoms with van der Waals surface area (Å²) in [4.78, 5) is 4.34. The van der Waals surface area contributed by atoms with E-state index in [2.05, 4.69) is 72.0 Å². The molecule has 1 heterocycles. The molecule has 0 saturated carbocycles. The number of aryl methyl sites for hydroxylation is 3. The molecule has 142 valence electrons. The molecule has 0 unspecified atom stereocenters. The fourth-order valence-electron chi connectivity index (χ4n) is 2.92. The lowest BCUT2D eigenvalue weighted by Crippen LogP contribution is -2.43. The number of hydrogen-bond donors (Lipinski definition) is 2. The minimum Gasteiger partial charge on any atom is -0.356 e. The Kier molecular flexibility index (Phi) is 7.25. The second-order valence-electron chi connectivity index (χ2n) is 7.41. The predicted octanol–water partition coefficient (Wildman–Crippen LogP) is 3.06. The van der Waals surface area contributed by atoms with Crippen LogP contribution in [0.5, 0.6) is 0 Å². The largest absolute Gasteiger partial charge is 0.356 e. The molecule has 0 radical (unpaired) electrons. The Hall–Kier alpha value is -2.30. The van der Waals surface area contributed by atoms with Crippen LogP contribution in [0, 0.1) is 0 Å². The third-order valence-corrected chi connectivity index (χ3v) is 4.76. The highest BCUT2D eigenvalue weighted by Gasteiger charge is 2.20. The van der Waals surface area contributed by atoms with Crippen molar-refractivity contribution in [1.29, 1.82) is 0 Å². The number of nitrogens with one attached hydrogen (secondary N) is 2. The second-order valence-corrected chi connectivity index (χ2v) is 7.41. The van der Waals surface area contributed by atoms with E-state index >= 15 is 0 Å². The number of benzene rings is 1. The van der Waals surface area contributed by atoms with Gasteiger partial charge in [0.05, 0.1) is 6.20 Å². The highest BCUT2D eigenvalue weighted by Crippen LogP contribution is 2.22. The lowest BCUT2D eigenvalue weighted by atomic mass is 9.84. The number of aromatic nitrogens is 2. The van der Waals surface area contributed by atoms with E-state index in [1.807, 2.05) is 25.0 Å². The molecule has 5 heteroatoms. The Balaban J connectivity index is 1.77. The van der Waals surface area contributed by atoms with E-state index in [-0.39, 0.29) is 5.41 Å². The van der Waals surface area contributed by atoms with Gasteiger partial charge in [-0.2, -0.15) is 5.10 Å². The maximum Gasteiger partial charge on any atom is 0.191 e. The summed E-state index contributed by atoms with van der Waals surface area (Å²) < 4.78 is 1.85. The third kappa shape index (κ3) is 5.90. The van der Waals surface area contributed by atoms with Crippen molar-refractivity contribution in [2.75, 3.05) is 20.1 Å². The first-order valence-electron chi connectivity index (χ1n) is 9.46. The first-order chi connectivity index (χ1) is 12.4. The first-order valence-corrected chi connectivity index (χ1v) is 9.46. The van der Waals surface area contributed by atoms with E-state index in [4.69, 9.17) is 0 Å². The Morgan fingerprint density at radius 1 is 1.15 bits per heavy atom. The van der Waals surface area contributed by atoms with Crippen molar-refractivity contribution < 1.29 is 0 Å². The van der Waals surface area contributed by atoms with Gasteiger partial charge in [0.25, 0.3) is 0 Å². The predicted molar refractivity (Wildman–Crippen MR) is 110 cm³/mol. The van der Waals surface area contributed by atoms with Crippen molar-refractivity contribution in [3.05, 3.63) is 53.3 Å². The molecule has 0 spiro atoms. The number of aliphatic imine (C=N–C) groups is 1. The molecule has 0 aliphatic carbocycles. The van der Waals surface area contributed by atoms with Crippen LogP contribution in [0.3, 0.4) is 0 Å². The van der Waals surface area contributed by atoms with Crippen LogP contribution in [0.4, 0.5) is 0 Å². The molecular weight excluding hydrogens is 322 g/mol. The van der Waals surface area contributed by atoms with Gasteiger partial charge < -0.3 is 10.6 Å². The standard InChI is InChI=1S/C21H33N5/c1-6-17-9-11-19(12-10-17)21(2,3)16-24-20(22-4)23-13-7-8-18-14-25-26(5)15-18/h9-12,14-15H,6-8,13,16H2,1-5H3,(H2,22,23,24). The summed E-state index contributed by atoms with van der Waals surface area (Å²) in [5.41, 5.74) is 4.03. The molecule has 0 aliphatic heterocycles. The van der Waals surface area contributed by atoms with Crippen LogP contribution in [-0.4, -0.2) is 35.9 Å². The molecule has 5 nitrogen and oxygen atoms in total. The number of rotatable bonds is 8. The number of guanidine groups is 1. The van der Waals surface area contributed by atoms with Crippen LogP contribution in [0.15, 0.2) is 41.7 Å². The van der Waals surface area contributed by atoms with Gasteiger partial charge in [0, 0.05) is 38.8 Å². The van der Waals surface area contributed by atoms with Gasteiger partial charge in [-0.25, -0.2) is 0 Å². The molecular formula is C21H33N5. The molecule has 1 aromatic heterocycles. The van der Waals surface area contributed by atoms with Crippen LogP contribution >= 0.6 is 0 Å². The van der Waals surface area contributed by atoms with Crippen LogP contribution in [-0.2, 0) is 25.3 Å². The van der Waals surface area contributed by atoms with Gasteiger partial charge in [-0.3, -0.25) is 9.67 Å². The first kappa shape index (κ1) is 20.0. The van der Waals surface area contributed by atoms with Gasteiger partial charge in [0.1, 0.15) is 0 Å². The minimum atomic E-state index is 0.0413. The minimum absolute atomic E-state index is 0.0413. The summed E-state index contributed by atoms with van der Waals surface area (Å²) in [6, 6.07) is 8.93. The molecule has 0 atom stereocenters. The van der Waals surface area contributed by atoms with Gasteiger partial charge in [-0.05, 0) is 36.0 Å². The summed E-state index contributed by atoms with van der Waals surface area (Å²) in [6.07, 6.45) is 7.15. The molecule has 0 amide bonds. The molecule has 0 bridgehead atoms. The van der Waals surface area contributed by atoms with Crippen LogP contribution in [0.1, 0.15) is 43.9 Å². The smallest absolute Gasteiger partial charge is 0.191 e. The Bertz CT molecular complexity index is 697. The molecule has 0 fully saturated rings. The van der Waals surface area contributed by atoms with E-state index in [0.717, 1.165) is 38.3 Å². The number of hydrogen-bond acceptors (Lipinski definition) is 2. The van der Waals surface area contributed by atoms with Gasteiger partial charge in [0.2, 0.25) is 0 Å². The zero-order valence-electron chi connectivity index (χ0n) is 16.8. The van der Waals surface area contributed by atoms with E-state index in [0.29, 0.717) is 0 Å². The van der Waals surface area contributed by atoms with E-state index in [9.17, 15) is 0 Å². The number of nitrogens with zero attached hydrogens (tertiary/aromatic N) is 3. The average molecular weight is 356 g/mol. The van der Waals surface area contributed by atoms with Crippen LogP contribution in [0.25, 0.3) is 0 Å². The van der Waals surface area contributed by atoms with E-state index in [1.165, 1.54) is 16.7 Å². The molecule has 2 rings (SSSR count). The molecule has 2 aromatic rings. The third-order valence-electron chi connectivity index (χ3n) is 4.76. The Morgan fingerprint density at radius 2 is 1.88 bits per heavy atom. The fourth-order valence-corrected chi connectivity index (χ4v) is 2.92. The maximum atomic E-state index is 4.34. The zero-order chi connectivity index (χ0) is 19.0. The molecule has 26 heavy (non-hydrogen) atoms. The average Bonchev–Trinajstić information content (AvgIpc) is 3.06. The molecule has 0 aliphatic rings. The van der Waals surface area contributed by atoms with Crippen molar-refractivity contribution in [3.8, 4) is 0 Å². The van der Waals surface area contributed by atoms with Crippen molar-refractivity contribution in [1.82, 2.24) is 20.4 Å². The lowest BCUT2D eigenvalue weighted by molar-refractivity contribution is 0.508. The van der Waals surface area contributed by atoms with Crippen LogP contribution in [0.2, 0.25) is 0 Å². The quantitative estimate of drug-likeness (QED) is 0.435. The van der Waals surface area contributed by atoms with Crippen molar-refractivity contribution in [2.24, 2.45) is 12.0 Å². The van der Waals surface area contributed by atoms with E-state index < -0.39 is 0 Å². The molecule has 2 N–H and O–H groups in total. The summed E-state index contributed by atoms with van der Waals surface area (Å²) in [6.45, 7) is 8.43. The highest BCUT2D eigenvalue weighted by molar-refractivity contribution is 5.79. The van der Waals surface area contributed by atoms with Crippen molar-refractivity contribution >= 4 is 5.96 Å². The van der Waals surface area contributed by atoms with E-state index in [1.54, 1.807) is 0 Å². The lowest BCUT2D eigenvalue weighted by Gasteiger charge is -2.27. The van der Waals surface area contributed by atoms with Crippen LogP contribution < -0.4 is 10.6 Å². The highest BCUT2D eigenvalue weighted by atomic mass is 15.2. The Labute approximate surface area is 157 Å². The van der Waals surface area contributed by atoms with Gasteiger partial charge in [-0.1, -0.05) is 45.0 Å². The normalized spacial score (nSPS) is 12.3. The van der Waals surface area contributed by atoms with Crippen molar-refractivity contribution in [2.45, 2.75) is 45.4 Å². The maximum absolute atomic E-state index is 4.34. The Morgan fingerprint density at radius 3 is 2.46 bits per heavy atom. The zero-order valence-corrected chi connectivity index (χ0v) is 16.8. The molecule has 0 saturated heterocycles. The van der Waals surface area contributed by atoms with Gasteiger partial charge >= 0.3 is 0 Å².